The fourth-order valence-corrected chi connectivity index (χ4v) is 0.888. The second kappa shape index (κ2) is 4.23. The normalized spacial score (nSPS) is 15.4. The Morgan fingerprint density at radius 1 is 1.46 bits per heavy atom. The zero-order chi connectivity index (χ0) is 10.6. The molecule has 5 nitrogen and oxygen atoms in total. The van der Waals surface area contributed by atoms with Crippen LogP contribution in [-0.4, -0.2) is 41.5 Å². The van der Waals surface area contributed by atoms with Gasteiger partial charge in [0.25, 0.3) is 0 Å². The van der Waals surface area contributed by atoms with Gasteiger partial charge < -0.3 is 10.8 Å². The van der Waals surface area contributed by atoms with E-state index in [0.29, 0.717) is 0 Å². The fraction of sp³-hybridized carbons (Fsp3) is 0.750. The molecular formula is C8H16N2O3. The lowest BCUT2D eigenvalue weighted by molar-refractivity contribution is -0.149. The molecule has 0 saturated carbocycles. The average Bonchev–Trinajstić information content (AvgIpc) is 1.99. The molecule has 0 aliphatic heterocycles. The molecule has 0 aliphatic carbocycles. The lowest BCUT2D eigenvalue weighted by Crippen LogP contribution is -2.49. The number of primary amides is 1. The molecule has 13 heavy (non-hydrogen) atoms. The first-order valence-electron chi connectivity index (χ1n) is 4.00. The molecule has 0 aromatic rings. The SMILES string of the molecule is CN(C)C(C)(CCC(N)=O)C(=O)O. The van der Waals surface area contributed by atoms with E-state index in [0.717, 1.165) is 0 Å². The molecule has 0 heterocycles. The van der Waals surface area contributed by atoms with Crippen molar-refractivity contribution in [3.63, 3.8) is 0 Å². The highest BCUT2D eigenvalue weighted by atomic mass is 16.4. The second-order valence-electron chi connectivity index (χ2n) is 3.44. The molecular weight excluding hydrogens is 172 g/mol. The molecule has 0 aliphatic rings. The third kappa shape index (κ3) is 3.02. The van der Waals surface area contributed by atoms with Gasteiger partial charge in [-0.2, -0.15) is 0 Å². The van der Waals surface area contributed by atoms with Gasteiger partial charge in [0.2, 0.25) is 5.91 Å². The largest absolute Gasteiger partial charge is 0.480 e. The van der Waals surface area contributed by atoms with E-state index in [1.807, 2.05) is 0 Å². The number of nitrogens with two attached hydrogens (primary N) is 1. The van der Waals surface area contributed by atoms with E-state index >= 15 is 0 Å². The van der Waals surface area contributed by atoms with Crippen LogP contribution in [0, 0.1) is 0 Å². The van der Waals surface area contributed by atoms with Crippen molar-refractivity contribution in [2.45, 2.75) is 25.3 Å². The van der Waals surface area contributed by atoms with Gasteiger partial charge >= 0.3 is 5.97 Å². The number of carboxylic acid groups (broad SMARTS) is 1. The van der Waals surface area contributed by atoms with E-state index in [9.17, 15) is 9.59 Å². The topological polar surface area (TPSA) is 83.6 Å². The van der Waals surface area contributed by atoms with Gasteiger partial charge in [-0.1, -0.05) is 0 Å². The van der Waals surface area contributed by atoms with Crippen LogP contribution in [0.1, 0.15) is 19.8 Å². The summed E-state index contributed by atoms with van der Waals surface area (Å²) in [4.78, 5) is 23.0. The molecule has 1 amide bonds. The molecule has 1 atom stereocenters. The summed E-state index contributed by atoms with van der Waals surface area (Å²) in [6, 6.07) is 0. The summed E-state index contributed by atoms with van der Waals surface area (Å²) in [7, 11) is 3.32. The van der Waals surface area contributed by atoms with Crippen LogP contribution >= 0.6 is 0 Å². The van der Waals surface area contributed by atoms with E-state index in [-0.39, 0.29) is 12.8 Å². The monoisotopic (exact) mass is 188 g/mol. The molecule has 0 saturated heterocycles. The van der Waals surface area contributed by atoms with E-state index in [1.54, 1.807) is 25.9 Å². The maximum absolute atomic E-state index is 10.9. The summed E-state index contributed by atoms with van der Waals surface area (Å²) in [5.41, 5.74) is 3.93. The third-order valence-corrected chi connectivity index (χ3v) is 2.31. The van der Waals surface area contributed by atoms with Crippen LogP contribution in [0.4, 0.5) is 0 Å². The highest BCUT2D eigenvalue weighted by Gasteiger charge is 2.35. The zero-order valence-electron chi connectivity index (χ0n) is 8.20. The Morgan fingerprint density at radius 2 is 1.92 bits per heavy atom. The second-order valence-corrected chi connectivity index (χ2v) is 3.44. The van der Waals surface area contributed by atoms with Gasteiger partial charge in [0.05, 0.1) is 0 Å². The highest BCUT2D eigenvalue weighted by Crippen LogP contribution is 2.18. The Labute approximate surface area is 77.5 Å². The van der Waals surface area contributed by atoms with Crippen LogP contribution in [0.5, 0.6) is 0 Å². The predicted molar refractivity (Wildman–Crippen MR) is 48.2 cm³/mol. The Bertz CT molecular complexity index is 215. The number of nitrogens with zero attached hydrogens (tertiary/aromatic N) is 1. The smallest absolute Gasteiger partial charge is 0.323 e. The maximum Gasteiger partial charge on any atom is 0.323 e. The van der Waals surface area contributed by atoms with E-state index in [1.165, 1.54) is 0 Å². The summed E-state index contributed by atoms with van der Waals surface area (Å²) in [6.45, 7) is 1.57. The van der Waals surface area contributed by atoms with Gasteiger partial charge in [0.1, 0.15) is 5.54 Å². The van der Waals surface area contributed by atoms with Crippen LogP contribution in [0.3, 0.4) is 0 Å². The van der Waals surface area contributed by atoms with Crippen molar-refractivity contribution < 1.29 is 14.7 Å². The minimum atomic E-state index is -1.02. The van der Waals surface area contributed by atoms with Gasteiger partial charge in [-0.15, -0.1) is 0 Å². The molecule has 1 unspecified atom stereocenters. The van der Waals surface area contributed by atoms with Gasteiger partial charge in [-0.05, 0) is 27.4 Å². The third-order valence-electron chi connectivity index (χ3n) is 2.31. The fourth-order valence-electron chi connectivity index (χ4n) is 0.888. The first-order chi connectivity index (χ1) is 5.80. The number of likely N-dealkylation sites (N-methyl/N-ethyl adjacent to an activating group) is 1. The van der Waals surface area contributed by atoms with Crippen LogP contribution in [-0.2, 0) is 9.59 Å². The minimum Gasteiger partial charge on any atom is -0.480 e. The minimum absolute atomic E-state index is 0.0843. The number of carboxylic acids is 1. The molecule has 0 radical (unpaired) electrons. The molecule has 0 aromatic heterocycles. The Balaban J connectivity index is 4.43. The Hall–Kier alpha value is -1.10. The van der Waals surface area contributed by atoms with Crippen molar-refractivity contribution >= 4 is 11.9 Å². The van der Waals surface area contributed by atoms with Crippen molar-refractivity contribution in [1.29, 1.82) is 0 Å². The molecule has 0 bridgehead atoms. The summed E-state index contributed by atoms with van der Waals surface area (Å²) in [5.74, 6) is -1.42. The lowest BCUT2D eigenvalue weighted by Gasteiger charge is -2.31. The summed E-state index contributed by atoms with van der Waals surface area (Å²) < 4.78 is 0. The van der Waals surface area contributed by atoms with Crippen LogP contribution in [0.25, 0.3) is 0 Å². The highest BCUT2D eigenvalue weighted by molar-refractivity contribution is 5.80. The van der Waals surface area contributed by atoms with Crippen LogP contribution in [0.15, 0.2) is 0 Å². The van der Waals surface area contributed by atoms with Crippen molar-refractivity contribution in [3.8, 4) is 0 Å². The van der Waals surface area contributed by atoms with Crippen molar-refractivity contribution in [3.05, 3.63) is 0 Å². The van der Waals surface area contributed by atoms with Gasteiger partial charge in [0.15, 0.2) is 0 Å². The van der Waals surface area contributed by atoms with Gasteiger partial charge in [0, 0.05) is 6.42 Å². The standard InChI is InChI=1S/C8H16N2O3/c1-8(7(12)13,10(2)3)5-4-6(9)11/h4-5H2,1-3H3,(H2,9,11)(H,12,13). The summed E-state index contributed by atoms with van der Waals surface area (Å²) >= 11 is 0. The number of hydrogen-bond donors (Lipinski definition) is 2. The summed E-state index contributed by atoms with van der Waals surface area (Å²) in [5, 5.41) is 8.92. The number of amides is 1. The summed E-state index contributed by atoms with van der Waals surface area (Å²) in [6.07, 6.45) is 0.311. The first-order valence-corrected chi connectivity index (χ1v) is 4.00. The number of hydrogen-bond acceptors (Lipinski definition) is 3. The number of carbonyl (C=O) groups excluding carboxylic acids is 1. The van der Waals surface area contributed by atoms with Crippen molar-refractivity contribution in [1.82, 2.24) is 4.90 Å². The van der Waals surface area contributed by atoms with Gasteiger partial charge in [-0.25, -0.2) is 0 Å². The Morgan fingerprint density at radius 3 is 2.15 bits per heavy atom. The van der Waals surface area contributed by atoms with Crippen LogP contribution < -0.4 is 5.73 Å². The maximum atomic E-state index is 10.9. The zero-order valence-corrected chi connectivity index (χ0v) is 8.20. The quantitative estimate of drug-likeness (QED) is 0.618. The van der Waals surface area contributed by atoms with E-state index < -0.39 is 17.4 Å². The van der Waals surface area contributed by atoms with E-state index in [4.69, 9.17) is 10.8 Å². The average molecular weight is 188 g/mol. The van der Waals surface area contributed by atoms with Crippen molar-refractivity contribution in [2.24, 2.45) is 5.73 Å². The predicted octanol–water partition coefficient (Wildman–Crippen LogP) is -0.343. The number of carbonyl (C=O) groups is 2. The van der Waals surface area contributed by atoms with Crippen molar-refractivity contribution in [2.75, 3.05) is 14.1 Å². The van der Waals surface area contributed by atoms with Crippen LogP contribution in [0.2, 0.25) is 0 Å². The molecule has 76 valence electrons. The van der Waals surface area contributed by atoms with Gasteiger partial charge in [-0.3, -0.25) is 14.5 Å². The molecule has 3 N–H and O–H groups in total. The molecule has 0 rings (SSSR count). The molecule has 0 aromatic carbocycles. The Kier molecular flexibility index (Phi) is 3.87. The molecule has 0 fully saturated rings. The first kappa shape index (κ1) is 11.9. The molecule has 5 heteroatoms. The number of rotatable bonds is 5. The molecule has 0 spiro atoms. The lowest BCUT2D eigenvalue weighted by atomic mass is 9.94. The number of aliphatic carboxylic acids is 1. The van der Waals surface area contributed by atoms with E-state index in [2.05, 4.69) is 0 Å².